The molecule has 0 amide bonds. The number of aromatic nitrogens is 1. The Morgan fingerprint density at radius 2 is 1.71 bits per heavy atom. The predicted molar refractivity (Wildman–Crippen MR) is 95.8 cm³/mol. The predicted octanol–water partition coefficient (Wildman–Crippen LogP) is 3.15. The van der Waals surface area contributed by atoms with Gasteiger partial charge in [0.05, 0.1) is 0 Å². The van der Waals surface area contributed by atoms with E-state index in [1.165, 1.54) is 6.07 Å². The summed E-state index contributed by atoms with van der Waals surface area (Å²) in [6.45, 7) is 0. The smallest absolute Gasteiger partial charge is 0.248 e. The fourth-order valence-electron chi connectivity index (χ4n) is 2.31. The fraction of sp³-hybridized carbons (Fsp3) is 0.0556. The zero-order chi connectivity index (χ0) is 17.1. The van der Waals surface area contributed by atoms with Gasteiger partial charge in [0.1, 0.15) is 11.5 Å². The minimum Gasteiger partial charge on any atom is -0.457 e. The summed E-state index contributed by atoms with van der Waals surface area (Å²) < 4.78 is 17.2. The number of pyridine rings is 1. The molecule has 0 spiro atoms. The van der Waals surface area contributed by atoms with E-state index < -0.39 is 10.8 Å². The van der Waals surface area contributed by atoms with Crippen LogP contribution in [0.15, 0.2) is 70.5 Å². The van der Waals surface area contributed by atoms with Crippen LogP contribution in [0.1, 0.15) is 0 Å². The van der Waals surface area contributed by atoms with Crippen molar-refractivity contribution >= 4 is 16.5 Å². The molecule has 3 rings (SSSR count). The fourth-order valence-corrected chi connectivity index (χ4v) is 2.83. The van der Waals surface area contributed by atoms with Crippen molar-refractivity contribution in [3.63, 3.8) is 0 Å². The van der Waals surface area contributed by atoms with E-state index in [0.29, 0.717) is 17.2 Å². The van der Waals surface area contributed by atoms with Gasteiger partial charge in [-0.3, -0.25) is 9.00 Å². The highest BCUT2D eigenvalue weighted by atomic mass is 32.2. The molecule has 3 N–H and O–H groups in total. The third kappa shape index (κ3) is 3.72. The first-order valence-corrected chi connectivity index (χ1v) is 8.78. The Morgan fingerprint density at radius 1 is 0.958 bits per heavy atom. The molecule has 1 atom stereocenters. The zero-order valence-corrected chi connectivity index (χ0v) is 13.8. The zero-order valence-electron chi connectivity index (χ0n) is 13.0. The second kappa shape index (κ2) is 6.72. The molecule has 1 aromatic heterocycles. The monoisotopic (exact) mass is 340 g/mol. The summed E-state index contributed by atoms with van der Waals surface area (Å²) >= 11 is 0. The van der Waals surface area contributed by atoms with Crippen LogP contribution in [-0.4, -0.2) is 15.4 Å². The van der Waals surface area contributed by atoms with Crippen molar-refractivity contribution in [2.24, 2.45) is 0 Å². The van der Waals surface area contributed by atoms with E-state index >= 15 is 0 Å². The molecule has 1 heterocycles. The van der Waals surface area contributed by atoms with Gasteiger partial charge < -0.3 is 15.5 Å². The molecule has 2 aromatic carbocycles. The van der Waals surface area contributed by atoms with Crippen LogP contribution < -0.4 is 16.0 Å². The maximum Gasteiger partial charge on any atom is 0.248 e. The third-order valence-electron chi connectivity index (χ3n) is 3.43. The van der Waals surface area contributed by atoms with Crippen LogP contribution in [0, 0.1) is 0 Å². The van der Waals surface area contributed by atoms with Gasteiger partial charge in [-0.2, -0.15) is 0 Å². The van der Waals surface area contributed by atoms with Crippen LogP contribution in [0.25, 0.3) is 11.1 Å². The molecule has 1 unspecified atom stereocenters. The largest absolute Gasteiger partial charge is 0.457 e. The second-order valence-electron chi connectivity index (χ2n) is 5.26. The lowest BCUT2D eigenvalue weighted by atomic mass is 10.1. The molecule has 0 aliphatic rings. The number of benzene rings is 2. The Labute approximate surface area is 141 Å². The van der Waals surface area contributed by atoms with Crippen molar-refractivity contribution in [2.45, 2.75) is 4.90 Å². The maximum absolute atomic E-state index is 11.5. The topological polar surface area (TPSA) is 85.2 Å². The summed E-state index contributed by atoms with van der Waals surface area (Å²) in [5.74, 6) is 1.18. The summed E-state index contributed by atoms with van der Waals surface area (Å²) in [5, 5.41) is 0. The number of nitrogens with two attached hydrogens (primary N) is 1. The van der Waals surface area contributed by atoms with Gasteiger partial charge in [0.15, 0.2) is 0 Å². The average Bonchev–Trinajstić information content (AvgIpc) is 2.55. The lowest BCUT2D eigenvalue weighted by Gasteiger charge is -2.10. The third-order valence-corrected chi connectivity index (χ3v) is 4.36. The van der Waals surface area contributed by atoms with E-state index in [1.54, 1.807) is 54.9 Å². The number of hydrogen-bond acceptors (Lipinski definition) is 4. The van der Waals surface area contributed by atoms with Crippen molar-refractivity contribution in [3.8, 4) is 22.6 Å². The Morgan fingerprint density at radius 3 is 2.38 bits per heavy atom. The first kappa shape index (κ1) is 16.0. The molecule has 0 radical (unpaired) electrons. The first-order valence-electron chi connectivity index (χ1n) is 7.22. The van der Waals surface area contributed by atoms with Gasteiger partial charge in [-0.05, 0) is 53.6 Å². The van der Waals surface area contributed by atoms with Crippen LogP contribution in [0.2, 0.25) is 0 Å². The average molecular weight is 340 g/mol. The van der Waals surface area contributed by atoms with Crippen LogP contribution in [0.4, 0.5) is 5.69 Å². The van der Waals surface area contributed by atoms with Crippen molar-refractivity contribution < 1.29 is 8.95 Å². The van der Waals surface area contributed by atoms with E-state index in [0.717, 1.165) is 16.0 Å². The van der Waals surface area contributed by atoms with Crippen LogP contribution in [-0.2, 0) is 10.8 Å². The molecule has 3 aromatic rings. The Balaban J connectivity index is 1.91. The number of aromatic amines is 1. The van der Waals surface area contributed by atoms with Gasteiger partial charge >= 0.3 is 0 Å². The number of H-pyrrole nitrogens is 1. The molecule has 0 saturated heterocycles. The quantitative estimate of drug-likeness (QED) is 0.715. The molecule has 0 aliphatic heterocycles. The number of anilines is 1. The lowest BCUT2D eigenvalue weighted by Crippen LogP contribution is -2.02. The molecular weight excluding hydrogens is 324 g/mol. The summed E-state index contributed by atoms with van der Waals surface area (Å²) in [4.78, 5) is 14.8. The molecule has 0 saturated carbocycles. The minimum absolute atomic E-state index is 0.180. The lowest BCUT2D eigenvalue weighted by molar-refractivity contribution is 0.483. The van der Waals surface area contributed by atoms with Crippen LogP contribution in [0.3, 0.4) is 0 Å². The summed E-state index contributed by atoms with van der Waals surface area (Å²) in [5.41, 5.74) is 7.85. The van der Waals surface area contributed by atoms with Crippen molar-refractivity contribution in [3.05, 3.63) is 71.1 Å². The van der Waals surface area contributed by atoms with Gasteiger partial charge in [0, 0.05) is 46.0 Å². The van der Waals surface area contributed by atoms with Crippen LogP contribution >= 0.6 is 0 Å². The Hall–Kier alpha value is -2.86. The molecule has 5 nitrogen and oxygen atoms in total. The van der Waals surface area contributed by atoms with E-state index in [-0.39, 0.29) is 5.56 Å². The molecular formula is C18H16N2O3S. The summed E-state index contributed by atoms with van der Waals surface area (Å²) in [6.07, 6.45) is 3.21. The van der Waals surface area contributed by atoms with E-state index in [4.69, 9.17) is 10.5 Å². The van der Waals surface area contributed by atoms with E-state index in [9.17, 15) is 9.00 Å². The number of ether oxygens (including phenoxy) is 1. The van der Waals surface area contributed by atoms with Gasteiger partial charge in [0.2, 0.25) is 5.56 Å². The van der Waals surface area contributed by atoms with Crippen LogP contribution in [0.5, 0.6) is 11.5 Å². The normalized spacial score (nSPS) is 11.9. The molecule has 122 valence electrons. The molecule has 24 heavy (non-hydrogen) atoms. The van der Waals surface area contributed by atoms with Gasteiger partial charge in [-0.1, -0.05) is 0 Å². The van der Waals surface area contributed by atoms with E-state index in [1.807, 2.05) is 6.07 Å². The van der Waals surface area contributed by atoms with Crippen molar-refractivity contribution in [2.75, 3.05) is 12.0 Å². The number of nitrogen functional groups attached to an aromatic ring is 1. The van der Waals surface area contributed by atoms with Crippen molar-refractivity contribution in [1.82, 2.24) is 4.98 Å². The number of hydrogen-bond donors (Lipinski definition) is 2. The van der Waals surface area contributed by atoms with Gasteiger partial charge in [-0.25, -0.2) is 0 Å². The Kier molecular flexibility index (Phi) is 4.48. The summed E-state index contributed by atoms with van der Waals surface area (Å²) in [7, 11) is -1.03. The molecule has 0 bridgehead atoms. The molecule has 0 fully saturated rings. The van der Waals surface area contributed by atoms with Gasteiger partial charge in [0.25, 0.3) is 0 Å². The number of rotatable bonds is 4. The van der Waals surface area contributed by atoms with Crippen molar-refractivity contribution in [1.29, 1.82) is 0 Å². The molecule has 6 heteroatoms. The highest BCUT2D eigenvalue weighted by molar-refractivity contribution is 7.84. The first-order chi connectivity index (χ1) is 11.5. The molecule has 0 aliphatic carbocycles. The van der Waals surface area contributed by atoms with Gasteiger partial charge in [-0.15, -0.1) is 0 Å². The summed E-state index contributed by atoms with van der Waals surface area (Å²) in [6, 6.07) is 15.6. The SMILES string of the molecule is CS(=O)c1ccc(Oc2cc(N)cc(-c3cc[nH]c(=O)c3)c2)cc1. The standard InChI is InChI=1S/C18H16N2O3S/c1-24(22)17-4-2-15(3-5-17)23-16-9-13(8-14(19)11-16)12-6-7-20-18(21)10-12/h2-11H,19H2,1H3,(H,20,21). The second-order valence-corrected chi connectivity index (χ2v) is 6.64. The maximum atomic E-state index is 11.5. The van der Waals surface area contributed by atoms with E-state index in [2.05, 4.69) is 4.98 Å². The highest BCUT2D eigenvalue weighted by Crippen LogP contribution is 2.30. The Bertz CT molecular complexity index is 949. The number of nitrogens with one attached hydrogen (secondary N) is 1. The highest BCUT2D eigenvalue weighted by Gasteiger charge is 2.05. The minimum atomic E-state index is -1.03.